The normalized spacial score (nSPS) is 10.9. The van der Waals surface area contributed by atoms with Crippen LogP contribution in [0.4, 0.5) is 10.2 Å². The van der Waals surface area contributed by atoms with E-state index in [2.05, 4.69) is 19.8 Å². The van der Waals surface area contributed by atoms with Crippen LogP contribution in [0.25, 0.3) is 11.0 Å². The fraction of sp³-hybridized carbons (Fsp3) is 0.143. The molecular formula is C21H17ClFN5O3. The molecule has 31 heavy (non-hydrogen) atoms. The largest absolute Gasteiger partial charge is 0.489 e. The van der Waals surface area contributed by atoms with E-state index in [0.717, 1.165) is 11.6 Å². The number of rotatable bonds is 6. The average molecular weight is 442 g/mol. The molecule has 0 amide bonds. The molecule has 0 saturated carbocycles. The highest BCUT2D eigenvalue weighted by Crippen LogP contribution is 2.22. The van der Waals surface area contributed by atoms with Crippen LogP contribution in [0, 0.1) is 5.82 Å². The van der Waals surface area contributed by atoms with Crippen LogP contribution in [0.3, 0.4) is 0 Å². The average Bonchev–Trinajstić information content (AvgIpc) is 3.14. The zero-order valence-corrected chi connectivity index (χ0v) is 17.1. The number of ether oxygens (including phenoxy) is 2. The van der Waals surface area contributed by atoms with Crippen molar-refractivity contribution >= 4 is 34.4 Å². The Labute approximate surface area is 181 Å². The molecule has 4 rings (SSSR count). The second-order valence-corrected chi connectivity index (χ2v) is 7.03. The number of hydrogen-bond donors (Lipinski definition) is 1. The maximum Gasteiger partial charge on any atom is 0.337 e. The van der Waals surface area contributed by atoms with Crippen LogP contribution in [-0.4, -0.2) is 32.8 Å². The van der Waals surface area contributed by atoms with Gasteiger partial charge in [0.05, 0.1) is 30.8 Å². The van der Waals surface area contributed by atoms with Crippen LogP contribution in [0.15, 0.2) is 48.7 Å². The fourth-order valence-corrected chi connectivity index (χ4v) is 3.28. The van der Waals surface area contributed by atoms with Crippen LogP contribution in [0.2, 0.25) is 5.28 Å². The summed E-state index contributed by atoms with van der Waals surface area (Å²) in [5, 5.41) is 4.97. The number of fused-ring (bicyclic) bond motifs is 1. The molecule has 8 nitrogen and oxygen atoms in total. The molecule has 2 aromatic heterocycles. The number of anilines is 1. The molecule has 0 unspecified atom stereocenters. The summed E-state index contributed by atoms with van der Waals surface area (Å²) in [5.41, 5.74) is 7.92. The maximum absolute atomic E-state index is 13.8. The van der Waals surface area contributed by atoms with E-state index in [-0.39, 0.29) is 23.3 Å². The first-order valence-corrected chi connectivity index (χ1v) is 9.55. The Kier molecular flexibility index (Phi) is 5.68. The van der Waals surface area contributed by atoms with Crippen molar-refractivity contribution in [3.63, 3.8) is 0 Å². The number of benzene rings is 2. The van der Waals surface area contributed by atoms with E-state index in [9.17, 15) is 9.18 Å². The van der Waals surface area contributed by atoms with Crippen molar-refractivity contribution in [2.24, 2.45) is 0 Å². The second kappa shape index (κ2) is 8.57. The Balaban J connectivity index is 1.51. The first kappa shape index (κ1) is 20.5. The van der Waals surface area contributed by atoms with Crippen LogP contribution >= 0.6 is 11.6 Å². The SMILES string of the molecule is COC(=O)c1cc(F)cc(COc2cccc(Cn3ncc4c(N)nc(Cl)nc43)c2)c1. The predicted octanol–water partition coefficient (Wildman–Crippen LogP) is 3.61. The molecule has 0 aliphatic carbocycles. The quantitative estimate of drug-likeness (QED) is 0.360. The molecule has 158 valence electrons. The highest BCUT2D eigenvalue weighted by Gasteiger charge is 2.12. The lowest BCUT2D eigenvalue weighted by Gasteiger charge is -2.10. The van der Waals surface area contributed by atoms with E-state index >= 15 is 0 Å². The van der Waals surface area contributed by atoms with Gasteiger partial charge in [0, 0.05) is 0 Å². The summed E-state index contributed by atoms with van der Waals surface area (Å²) < 4.78 is 25.9. The van der Waals surface area contributed by atoms with Crippen LogP contribution in [0.5, 0.6) is 5.75 Å². The maximum atomic E-state index is 13.8. The zero-order chi connectivity index (χ0) is 22.0. The van der Waals surface area contributed by atoms with Gasteiger partial charge < -0.3 is 15.2 Å². The number of nitrogens with two attached hydrogens (primary N) is 1. The Morgan fingerprint density at radius 2 is 2.03 bits per heavy atom. The van der Waals surface area contributed by atoms with Gasteiger partial charge in [-0.1, -0.05) is 12.1 Å². The van der Waals surface area contributed by atoms with Gasteiger partial charge in [-0.25, -0.2) is 18.9 Å². The minimum Gasteiger partial charge on any atom is -0.489 e. The highest BCUT2D eigenvalue weighted by molar-refractivity contribution is 6.28. The van der Waals surface area contributed by atoms with Gasteiger partial charge >= 0.3 is 5.97 Å². The molecule has 2 aromatic carbocycles. The molecule has 0 radical (unpaired) electrons. The Hall–Kier alpha value is -3.72. The second-order valence-electron chi connectivity index (χ2n) is 6.69. The molecular weight excluding hydrogens is 425 g/mol. The predicted molar refractivity (Wildman–Crippen MR) is 112 cm³/mol. The number of methoxy groups -OCH3 is 1. The standard InChI is InChI=1S/C21H17ClFN5O3/c1-30-20(29)14-5-13(6-15(23)8-14)11-31-16-4-2-3-12(7-16)10-28-19-17(9-25-28)18(24)26-21(22)27-19/h2-9H,10-11H2,1H3,(H2,24,26,27). The van der Waals surface area contributed by atoms with Crippen molar-refractivity contribution < 1.29 is 18.7 Å². The van der Waals surface area contributed by atoms with Gasteiger partial charge in [0.15, 0.2) is 5.65 Å². The Morgan fingerprint density at radius 3 is 2.84 bits per heavy atom. The lowest BCUT2D eigenvalue weighted by Crippen LogP contribution is -2.05. The number of nitrogen functional groups attached to an aromatic ring is 1. The zero-order valence-electron chi connectivity index (χ0n) is 16.4. The Morgan fingerprint density at radius 1 is 1.19 bits per heavy atom. The van der Waals surface area contributed by atoms with Crippen molar-refractivity contribution in [3.05, 3.63) is 76.5 Å². The molecule has 0 saturated heterocycles. The van der Waals surface area contributed by atoms with Gasteiger partial charge in [0.2, 0.25) is 5.28 Å². The molecule has 0 spiro atoms. The number of aromatic nitrogens is 4. The van der Waals surface area contributed by atoms with E-state index in [1.807, 2.05) is 18.2 Å². The van der Waals surface area contributed by atoms with Crippen LogP contribution in [0.1, 0.15) is 21.5 Å². The summed E-state index contributed by atoms with van der Waals surface area (Å²) in [6.07, 6.45) is 1.59. The monoisotopic (exact) mass is 441 g/mol. The van der Waals surface area contributed by atoms with Crippen molar-refractivity contribution in [3.8, 4) is 5.75 Å². The number of nitrogens with zero attached hydrogens (tertiary/aromatic N) is 4. The number of carbonyl (C=O) groups excluding carboxylic acids is 1. The molecule has 0 aliphatic heterocycles. The molecule has 2 N–H and O–H groups in total. The first-order chi connectivity index (χ1) is 14.9. The minimum atomic E-state index is -0.612. The lowest BCUT2D eigenvalue weighted by atomic mass is 10.1. The third kappa shape index (κ3) is 4.56. The topological polar surface area (TPSA) is 105 Å². The third-order valence-corrected chi connectivity index (χ3v) is 4.68. The van der Waals surface area contributed by atoms with Gasteiger partial charge in [-0.3, -0.25) is 0 Å². The van der Waals surface area contributed by atoms with Crippen molar-refractivity contribution in [1.82, 2.24) is 19.7 Å². The van der Waals surface area contributed by atoms with Gasteiger partial charge in [0.1, 0.15) is 24.0 Å². The summed E-state index contributed by atoms with van der Waals surface area (Å²) in [6.45, 7) is 0.481. The van der Waals surface area contributed by atoms with E-state index in [4.69, 9.17) is 22.1 Å². The van der Waals surface area contributed by atoms with Gasteiger partial charge in [0.25, 0.3) is 0 Å². The van der Waals surface area contributed by atoms with Gasteiger partial charge in [-0.15, -0.1) is 0 Å². The molecule has 0 atom stereocenters. The number of hydrogen-bond acceptors (Lipinski definition) is 7. The molecule has 0 aliphatic rings. The van der Waals surface area contributed by atoms with E-state index < -0.39 is 11.8 Å². The fourth-order valence-electron chi connectivity index (χ4n) is 3.11. The number of carbonyl (C=O) groups is 1. The Bertz CT molecular complexity index is 1280. The van der Waals surface area contributed by atoms with Gasteiger partial charge in [-0.05, 0) is 53.1 Å². The smallest absolute Gasteiger partial charge is 0.337 e. The third-order valence-electron chi connectivity index (χ3n) is 4.51. The minimum absolute atomic E-state index is 0.0465. The molecule has 10 heteroatoms. The summed E-state index contributed by atoms with van der Waals surface area (Å²) >= 11 is 5.91. The lowest BCUT2D eigenvalue weighted by molar-refractivity contribution is 0.0600. The van der Waals surface area contributed by atoms with E-state index in [1.54, 1.807) is 16.9 Å². The van der Waals surface area contributed by atoms with Crippen molar-refractivity contribution in [1.29, 1.82) is 0 Å². The van der Waals surface area contributed by atoms with Gasteiger partial charge in [-0.2, -0.15) is 10.1 Å². The molecule has 0 bridgehead atoms. The van der Waals surface area contributed by atoms with Crippen LogP contribution < -0.4 is 10.5 Å². The summed E-state index contributed by atoms with van der Waals surface area (Å²) in [4.78, 5) is 19.8. The summed E-state index contributed by atoms with van der Waals surface area (Å²) in [5.74, 6) is -0.316. The molecule has 4 aromatic rings. The first-order valence-electron chi connectivity index (χ1n) is 9.17. The van der Waals surface area contributed by atoms with Crippen molar-refractivity contribution in [2.45, 2.75) is 13.2 Å². The highest BCUT2D eigenvalue weighted by atomic mass is 35.5. The molecule has 0 fully saturated rings. The number of esters is 1. The van der Waals surface area contributed by atoms with E-state index in [0.29, 0.717) is 28.9 Å². The summed E-state index contributed by atoms with van der Waals surface area (Å²) in [6, 6.07) is 11.3. The summed E-state index contributed by atoms with van der Waals surface area (Å²) in [7, 11) is 1.24. The van der Waals surface area contributed by atoms with Crippen LogP contribution in [-0.2, 0) is 17.9 Å². The molecule has 2 heterocycles. The van der Waals surface area contributed by atoms with E-state index in [1.165, 1.54) is 19.2 Å². The number of halogens is 2. The van der Waals surface area contributed by atoms with Crippen molar-refractivity contribution in [2.75, 3.05) is 12.8 Å².